The van der Waals surface area contributed by atoms with Crippen molar-refractivity contribution in [1.29, 1.82) is 0 Å². The number of nitrogens with one attached hydrogen (secondary N) is 1. The molecule has 1 aromatic heterocycles. The molecule has 0 atom stereocenters. The van der Waals surface area contributed by atoms with E-state index in [1.54, 1.807) is 10.7 Å². The molecule has 1 aliphatic heterocycles. The molecule has 2 aromatic rings. The van der Waals surface area contributed by atoms with Gasteiger partial charge >= 0.3 is 0 Å². The average molecular weight is 452 g/mol. The summed E-state index contributed by atoms with van der Waals surface area (Å²) in [6, 6.07) is 4.86. The van der Waals surface area contributed by atoms with Crippen LogP contribution in [0.25, 0.3) is 11.0 Å². The minimum atomic E-state index is -3.81. The molecule has 1 amide bonds. The number of sulfonamides is 1. The summed E-state index contributed by atoms with van der Waals surface area (Å²) in [5.41, 5.74) is 1.28. The second kappa shape index (κ2) is 10.0. The van der Waals surface area contributed by atoms with E-state index in [2.05, 4.69) is 32.4 Å². The SMILES string of the molecule is CCN1CCN(CCNC(=O)CN(C)S(=O)(=O)c2ccc3c(c2)nnn3C(C)C)CC1. The Labute approximate surface area is 184 Å². The van der Waals surface area contributed by atoms with Gasteiger partial charge in [0.15, 0.2) is 0 Å². The molecule has 10 nitrogen and oxygen atoms in total. The van der Waals surface area contributed by atoms with E-state index in [1.165, 1.54) is 19.2 Å². The van der Waals surface area contributed by atoms with Crippen molar-refractivity contribution in [2.24, 2.45) is 0 Å². The molecule has 0 bridgehead atoms. The van der Waals surface area contributed by atoms with Crippen molar-refractivity contribution < 1.29 is 13.2 Å². The molecule has 0 unspecified atom stereocenters. The molecule has 1 N–H and O–H groups in total. The third kappa shape index (κ3) is 5.59. The van der Waals surface area contributed by atoms with Gasteiger partial charge in [0, 0.05) is 52.4 Å². The summed E-state index contributed by atoms with van der Waals surface area (Å²) in [4.78, 5) is 17.1. The van der Waals surface area contributed by atoms with Gasteiger partial charge in [0.25, 0.3) is 0 Å². The maximum absolute atomic E-state index is 12.9. The van der Waals surface area contributed by atoms with Gasteiger partial charge in [0.1, 0.15) is 5.52 Å². The Kier molecular flexibility index (Phi) is 7.63. The van der Waals surface area contributed by atoms with Crippen LogP contribution in [-0.2, 0) is 14.8 Å². The van der Waals surface area contributed by atoms with Gasteiger partial charge in [0.2, 0.25) is 15.9 Å². The Hall–Kier alpha value is -2.08. The van der Waals surface area contributed by atoms with Crippen molar-refractivity contribution in [3.63, 3.8) is 0 Å². The Bertz CT molecular complexity index is 997. The summed E-state index contributed by atoms with van der Waals surface area (Å²) in [5.74, 6) is -0.315. The Balaban J connectivity index is 1.53. The summed E-state index contributed by atoms with van der Waals surface area (Å²) in [6.07, 6.45) is 0. The number of likely N-dealkylation sites (N-methyl/N-ethyl adjacent to an activating group) is 2. The average Bonchev–Trinajstić information content (AvgIpc) is 3.17. The number of nitrogens with zero attached hydrogens (tertiary/aromatic N) is 6. The third-order valence-electron chi connectivity index (χ3n) is 5.67. The standard InChI is InChI=1S/C20H33N7O3S/c1-5-25-10-12-26(13-11-25)9-8-21-20(28)15-24(4)31(29,30)17-6-7-19-18(14-17)22-23-27(19)16(2)3/h6-7,14,16H,5,8-13,15H2,1-4H3,(H,21,28). The fourth-order valence-electron chi connectivity index (χ4n) is 3.67. The van der Waals surface area contributed by atoms with Crippen LogP contribution in [0.4, 0.5) is 0 Å². The molecular formula is C20H33N7O3S. The Morgan fingerprint density at radius 2 is 1.87 bits per heavy atom. The van der Waals surface area contributed by atoms with Crippen molar-refractivity contribution in [2.75, 3.05) is 59.4 Å². The van der Waals surface area contributed by atoms with Crippen LogP contribution in [0.15, 0.2) is 23.1 Å². The van der Waals surface area contributed by atoms with Gasteiger partial charge in [-0.05, 0) is 38.6 Å². The van der Waals surface area contributed by atoms with E-state index < -0.39 is 10.0 Å². The van der Waals surface area contributed by atoms with Crippen LogP contribution in [0.5, 0.6) is 0 Å². The maximum atomic E-state index is 12.9. The number of carbonyl (C=O) groups excluding carboxylic acids is 1. The molecule has 31 heavy (non-hydrogen) atoms. The Morgan fingerprint density at radius 3 is 2.52 bits per heavy atom. The molecular weight excluding hydrogens is 418 g/mol. The van der Waals surface area contributed by atoms with Crippen molar-refractivity contribution in [3.8, 4) is 0 Å². The number of piperazine rings is 1. The fourth-order valence-corrected chi connectivity index (χ4v) is 4.82. The lowest BCUT2D eigenvalue weighted by Crippen LogP contribution is -2.48. The number of hydrogen-bond acceptors (Lipinski definition) is 7. The number of rotatable bonds is 9. The van der Waals surface area contributed by atoms with Gasteiger partial charge in [-0.2, -0.15) is 4.31 Å². The summed E-state index contributed by atoms with van der Waals surface area (Å²) in [7, 11) is -2.40. The van der Waals surface area contributed by atoms with Crippen LogP contribution in [0, 0.1) is 0 Å². The van der Waals surface area contributed by atoms with Crippen molar-refractivity contribution in [3.05, 3.63) is 18.2 Å². The molecule has 0 saturated carbocycles. The summed E-state index contributed by atoms with van der Waals surface area (Å²) >= 11 is 0. The molecule has 3 rings (SSSR count). The topological polar surface area (TPSA) is 104 Å². The minimum absolute atomic E-state index is 0.0971. The van der Waals surface area contributed by atoms with Gasteiger partial charge in [0.05, 0.1) is 17.0 Å². The normalized spacial score (nSPS) is 16.5. The first-order valence-electron chi connectivity index (χ1n) is 10.7. The number of hydrogen-bond donors (Lipinski definition) is 1. The molecule has 2 heterocycles. The van der Waals surface area contributed by atoms with Crippen LogP contribution in [-0.4, -0.2) is 103 Å². The summed E-state index contributed by atoms with van der Waals surface area (Å²) in [6.45, 7) is 12.3. The zero-order valence-electron chi connectivity index (χ0n) is 18.8. The number of aromatic nitrogens is 3. The van der Waals surface area contributed by atoms with Crippen molar-refractivity contribution in [1.82, 2.24) is 34.4 Å². The lowest BCUT2D eigenvalue weighted by molar-refractivity contribution is -0.121. The van der Waals surface area contributed by atoms with E-state index in [0.717, 1.165) is 49.1 Å². The lowest BCUT2D eigenvalue weighted by Gasteiger charge is -2.33. The predicted octanol–water partition coefficient (Wildman–Crippen LogP) is 0.386. The second-order valence-corrected chi connectivity index (χ2v) is 10.2. The monoisotopic (exact) mass is 451 g/mol. The first kappa shape index (κ1) is 23.6. The van der Waals surface area contributed by atoms with E-state index >= 15 is 0 Å². The number of benzene rings is 1. The van der Waals surface area contributed by atoms with E-state index in [9.17, 15) is 13.2 Å². The van der Waals surface area contributed by atoms with E-state index in [4.69, 9.17) is 0 Å². The maximum Gasteiger partial charge on any atom is 0.243 e. The van der Waals surface area contributed by atoms with Gasteiger partial charge in [-0.15, -0.1) is 5.10 Å². The largest absolute Gasteiger partial charge is 0.354 e. The van der Waals surface area contributed by atoms with Gasteiger partial charge < -0.3 is 10.2 Å². The zero-order valence-corrected chi connectivity index (χ0v) is 19.6. The molecule has 1 aliphatic rings. The molecule has 172 valence electrons. The zero-order chi connectivity index (χ0) is 22.6. The highest BCUT2D eigenvalue weighted by Crippen LogP contribution is 2.21. The summed E-state index contributed by atoms with van der Waals surface area (Å²) < 4.78 is 28.6. The van der Waals surface area contributed by atoms with Crippen LogP contribution < -0.4 is 5.32 Å². The quantitative estimate of drug-likeness (QED) is 0.588. The van der Waals surface area contributed by atoms with E-state index in [1.807, 2.05) is 13.8 Å². The molecule has 0 spiro atoms. The highest BCUT2D eigenvalue weighted by atomic mass is 32.2. The minimum Gasteiger partial charge on any atom is -0.354 e. The fraction of sp³-hybridized carbons (Fsp3) is 0.650. The highest BCUT2D eigenvalue weighted by molar-refractivity contribution is 7.89. The number of fused-ring (bicyclic) bond motifs is 1. The molecule has 1 fully saturated rings. The molecule has 1 aromatic carbocycles. The van der Waals surface area contributed by atoms with Gasteiger partial charge in [-0.3, -0.25) is 9.69 Å². The van der Waals surface area contributed by atoms with Gasteiger partial charge in [-0.1, -0.05) is 12.1 Å². The highest BCUT2D eigenvalue weighted by Gasteiger charge is 2.24. The van der Waals surface area contributed by atoms with Gasteiger partial charge in [-0.25, -0.2) is 13.1 Å². The van der Waals surface area contributed by atoms with Crippen LogP contribution >= 0.6 is 0 Å². The third-order valence-corrected chi connectivity index (χ3v) is 7.47. The lowest BCUT2D eigenvalue weighted by atomic mass is 10.3. The van der Waals surface area contributed by atoms with Crippen molar-refractivity contribution >= 4 is 27.0 Å². The van der Waals surface area contributed by atoms with Crippen molar-refractivity contribution in [2.45, 2.75) is 31.7 Å². The molecule has 0 radical (unpaired) electrons. The van der Waals surface area contributed by atoms with E-state index in [-0.39, 0.29) is 23.4 Å². The first-order chi connectivity index (χ1) is 14.7. The number of carbonyl (C=O) groups is 1. The molecule has 1 saturated heterocycles. The van der Waals surface area contributed by atoms with Crippen LogP contribution in [0.1, 0.15) is 26.8 Å². The smallest absolute Gasteiger partial charge is 0.243 e. The Morgan fingerprint density at radius 1 is 1.19 bits per heavy atom. The predicted molar refractivity (Wildman–Crippen MR) is 119 cm³/mol. The number of amides is 1. The summed E-state index contributed by atoms with van der Waals surface area (Å²) in [5, 5.41) is 11.0. The van der Waals surface area contributed by atoms with Crippen LogP contribution in [0.2, 0.25) is 0 Å². The first-order valence-corrected chi connectivity index (χ1v) is 12.2. The van der Waals surface area contributed by atoms with Crippen LogP contribution in [0.3, 0.4) is 0 Å². The van der Waals surface area contributed by atoms with E-state index in [0.29, 0.717) is 12.1 Å². The molecule has 11 heteroatoms. The second-order valence-electron chi connectivity index (χ2n) is 8.17. The molecule has 0 aliphatic carbocycles.